The average Bonchev–Trinajstić information content (AvgIpc) is 2.33. The van der Waals surface area contributed by atoms with Crippen LogP contribution in [-0.4, -0.2) is 28.7 Å². The first-order valence-corrected chi connectivity index (χ1v) is 6.54. The molecule has 1 aromatic rings. The maximum Gasteiger partial charge on any atom is 0.0476 e. The van der Waals surface area contributed by atoms with Gasteiger partial charge in [0.1, 0.15) is 0 Å². The maximum atomic E-state index is 9.48. The summed E-state index contributed by atoms with van der Waals surface area (Å²) in [5.41, 5.74) is 1.46. The van der Waals surface area contributed by atoms with Crippen LogP contribution in [0.5, 0.6) is 0 Å². The summed E-state index contributed by atoms with van der Waals surface area (Å²) in [5.74, 6) is 0.403. The minimum atomic E-state index is 0.100. The summed E-state index contributed by atoms with van der Waals surface area (Å²) in [6, 6.07) is 10.6. The summed E-state index contributed by atoms with van der Waals surface area (Å²) in [5, 5.41) is 9.48. The van der Waals surface area contributed by atoms with Crippen molar-refractivity contribution in [2.45, 2.75) is 38.8 Å². The van der Waals surface area contributed by atoms with Crippen LogP contribution in [0, 0.1) is 5.92 Å². The van der Waals surface area contributed by atoms with Crippen molar-refractivity contribution in [2.24, 2.45) is 5.92 Å². The molecule has 2 rings (SSSR count). The number of hydrogen-bond acceptors (Lipinski definition) is 2. The molecule has 0 amide bonds. The van der Waals surface area contributed by atoms with Crippen molar-refractivity contribution in [3.8, 4) is 0 Å². The smallest absolute Gasteiger partial charge is 0.0476 e. The van der Waals surface area contributed by atoms with Gasteiger partial charge in [0, 0.05) is 18.7 Å². The third-order valence-corrected chi connectivity index (χ3v) is 4.23. The van der Waals surface area contributed by atoms with Crippen LogP contribution in [0.15, 0.2) is 30.3 Å². The van der Waals surface area contributed by atoms with Crippen molar-refractivity contribution in [1.82, 2.24) is 4.90 Å². The van der Waals surface area contributed by atoms with Gasteiger partial charge in [0.15, 0.2) is 0 Å². The second-order valence-electron chi connectivity index (χ2n) is 5.58. The van der Waals surface area contributed by atoms with Gasteiger partial charge in [-0.2, -0.15) is 0 Å². The van der Waals surface area contributed by atoms with Gasteiger partial charge in [-0.15, -0.1) is 0 Å². The number of rotatable bonds is 3. The molecule has 1 aliphatic rings. The largest absolute Gasteiger partial charge is 0.396 e. The fourth-order valence-corrected chi connectivity index (χ4v) is 2.83. The molecule has 0 radical (unpaired) electrons. The molecule has 0 bridgehead atoms. The zero-order chi connectivity index (χ0) is 12.3. The zero-order valence-corrected chi connectivity index (χ0v) is 10.9. The van der Waals surface area contributed by atoms with Gasteiger partial charge in [0.05, 0.1) is 0 Å². The average molecular weight is 233 g/mol. The highest BCUT2D eigenvalue weighted by atomic mass is 16.3. The van der Waals surface area contributed by atoms with Crippen LogP contribution in [0.4, 0.5) is 0 Å². The molecular formula is C15H23NO. The summed E-state index contributed by atoms with van der Waals surface area (Å²) < 4.78 is 0. The molecule has 1 saturated heterocycles. The van der Waals surface area contributed by atoms with Gasteiger partial charge in [-0.25, -0.2) is 0 Å². The fraction of sp³-hybridized carbons (Fsp3) is 0.600. The van der Waals surface area contributed by atoms with Crippen molar-refractivity contribution in [1.29, 1.82) is 0 Å². The molecule has 2 nitrogen and oxygen atoms in total. The van der Waals surface area contributed by atoms with E-state index in [2.05, 4.69) is 49.1 Å². The second kappa shape index (κ2) is 5.19. The maximum absolute atomic E-state index is 9.48. The third-order valence-electron chi connectivity index (χ3n) is 4.23. The molecule has 94 valence electrons. The first-order chi connectivity index (χ1) is 8.14. The van der Waals surface area contributed by atoms with Gasteiger partial charge < -0.3 is 5.11 Å². The fourth-order valence-electron chi connectivity index (χ4n) is 2.83. The van der Waals surface area contributed by atoms with Crippen LogP contribution in [0.25, 0.3) is 0 Å². The van der Waals surface area contributed by atoms with Crippen molar-refractivity contribution in [2.75, 3.05) is 13.2 Å². The number of aliphatic hydroxyl groups excluding tert-OH is 1. The van der Waals surface area contributed by atoms with E-state index in [0.717, 1.165) is 19.5 Å². The second-order valence-corrected chi connectivity index (χ2v) is 5.58. The predicted octanol–water partition coefficient (Wildman–Crippen LogP) is 2.67. The topological polar surface area (TPSA) is 23.5 Å². The molecule has 2 heteroatoms. The predicted molar refractivity (Wildman–Crippen MR) is 70.7 cm³/mol. The molecule has 1 aliphatic heterocycles. The van der Waals surface area contributed by atoms with E-state index in [1.807, 2.05) is 0 Å². The van der Waals surface area contributed by atoms with Crippen LogP contribution >= 0.6 is 0 Å². The number of likely N-dealkylation sites (tertiary alicyclic amines) is 1. The summed E-state index contributed by atoms with van der Waals surface area (Å²) in [6.07, 6.45) is 2.34. The summed E-state index contributed by atoms with van der Waals surface area (Å²) in [6.45, 7) is 6.95. The highest BCUT2D eigenvalue weighted by Gasteiger charge is 2.37. The van der Waals surface area contributed by atoms with E-state index >= 15 is 0 Å². The lowest BCUT2D eigenvalue weighted by Crippen LogP contribution is -2.53. The summed E-state index contributed by atoms with van der Waals surface area (Å²) in [7, 11) is 0. The highest BCUT2D eigenvalue weighted by molar-refractivity contribution is 5.15. The molecule has 0 aliphatic carbocycles. The van der Waals surface area contributed by atoms with Gasteiger partial charge in [0.2, 0.25) is 0 Å². The van der Waals surface area contributed by atoms with E-state index in [9.17, 15) is 5.11 Å². The Morgan fingerprint density at radius 1 is 1.29 bits per heavy atom. The minimum Gasteiger partial charge on any atom is -0.396 e. The van der Waals surface area contributed by atoms with Gasteiger partial charge in [-0.05, 0) is 44.7 Å². The van der Waals surface area contributed by atoms with Crippen LogP contribution in [0.1, 0.15) is 32.3 Å². The van der Waals surface area contributed by atoms with Crippen molar-refractivity contribution in [3.63, 3.8) is 0 Å². The number of piperidine rings is 1. The van der Waals surface area contributed by atoms with Gasteiger partial charge in [0.25, 0.3) is 0 Å². The molecule has 1 N–H and O–H groups in total. The van der Waals surface area contributed by atoms with Gasteiger partial charge >= 0.3 is 0 Å². The molecule has 17 heavy (non-hydrogen) atoms. The SMILES string of the molecule is CC1(C)C(CO)CCCN1Cc1ccccc1. The lowest BCUT2D eigenvalue weighted by Gasteiger charge is -2.47. The molecular weight excluding hydrogens is 210 g/mol. The monoisotopic (exact) mass is 233 g/mol. The molecule has 1 atom stereocenters. The van der Waals surface area contributed by atoms with E-state index < -0.39 is 0 Å². The molecule has 0 aromatic heterocycles. The van der Waals surface area contributed by atoms with Crippen LogP contribution in [0.3, 0.4) is 0 Å². The lowest BCUT2D eigenvalue weighted by atomic mass is 9.79. The first kappa shape index (κ1) is 12.6. The Labute approximate surface area is 104 Å². The standard InChI is InChI=1S/C15H23NO/c1-15(2)14(12-17)9-6-10-16(15)11-13-7-4-3-5-8-13/h3-5,7-8,14,17H,6,9-12H2,1-2H3. The molecule has 1 aromatic carbocycles. The van der Waals surface area contributed by atoms with Crippen molar-refractivity contribution in [3.05, 3.63) is 35.9 Å². The normalized spacial score (nSPS) is 24.8. The van der Waals surface area contributed by atoms with E-state index in [0.29, 0.717) is 12.5 Å². The Bertz CT molecular complexity index is 347. The van der Waals surface area contributed by atoms with Gasteiger partial charge in [-0.3, -0.25) is 4.90 Å². The highest BCUT2D eigenvalue weighted by Crippen LogP contribution is 2.33. The lowest BCUT2D eigenvalue weighted by molar-refractivity contribution is -0.00993. The van der Waals surface area contributed by atoms with Crippen LogP contribution < -0.4 is 0 Å². The molecule has 0 spiro atoms. The van der Waals surface area contributed by atoms with Crippen molar-refractivity contribution >= 4 is 0 Å². The Morgan fingerprint density at radius 3 is 2.65 bits per heavy atom. The quantitative estimate of drug-likeness (QED) is 0.867. The number of nitrogens with zero attached hydrogens (tertiary/aromatic N) is 1. The first-order valence-electron chi connectivity index (χ1n) is 6.54. The van der Waals surface area contributed by atoms with Crippen LogP contribution in [-0.2, 0) is 6.54 Å². The number of aliphatic hydroxyl groups is 1. The number of benzene rings is 1. The molecule has 0 saturated carbocycles. The molecule has 1 unspecified atom stereocenters. The Hall–Kier alpha value is -0.860. The Morgan fingerprint density at radius 2 is 2.00 bits per heavy atom. The number of hydrogen-bond donors (Lipinski definition) is 1. The van der Waals surface area contributed by atoms with Crippen LogP contribution in [0.2, 0.25) is 0 Å². The molecule has 1 heterocycles. The minimum absolute atomic E-state index is 0.100. The summed E-state index contributed by atoms with van der Waals surface area (Å²) in [4.78, 5) is 2.51. The van der Waals surface area contributed by atoms with Gasteiger partial charge in [-0.1, -0.05) is 30.3 Å². The van der Waals surface area contributed by atoms with E-state index in [1.54, 1.807) is 0 Å². The van der Waals surface area contributed by atoms with E-state index in [-0.39, 0.29) is 5.54 Å². The van der Waals surface area contributed by atoms with Crippen molar-refractivity contribution < 1.29 is 5.11 Å². The molecule has 1 fully saturated rings. The van der Waals surface area contributed by atoms with E-state index in [1.165, 1.54) is 12.0 Å². The van der Waals surface area contributed by atoms with E-state index in [4.69, 9.17) is 0 Å². The Balaban J connectivity index is 2.10. The summed E-state index contributed by atoms with van der Waals surface area (Å²) >= 11 is 0. The zero-order valence-electron chi connectivity index (χ0n) is 10.9. The third kappa shape index (κ3) is 2.70. The Kier molecular flexibility index (Phi) is 3.85.